The maximum atomic E-state index is 12.7. The number of rotatable bonds is 8. The van der Waals surface area contributed by atoms with E-state index in [1.807, 2.05) is 0 Å². The number of ether oxygens (including phenoxy) is 2. The molecule has 31 heavy (non-hydrogen) atoms. The predicted octanol–water partition coefficient (Wildman–Crippen LogP) is 1.87. The smallest absolute Gasteiger partial charge is 0.277 e. The molecule has 2 saturated carbocycles. The largest absolute Gasteiger partial charge is 0.492 e. The van der Waals surface area contributed by atoms with Crippen molar-refractivity contribution in [3.8, 4) is 5.75 Å². The van der Waals surface area contributed by atoms with E-state index in [1.165, 1.54) is 11.1 Å². The molecule has 2 N–H and O–H groups in total. The fraction of sp³-hybridized carbons (Fsp3) is 0.739. The summed E-state index contributed by atoms with van der Waals surface area (Å²) in [5, 5.41) is 0. The first-order valence-corrected chi connectivity index (χ1v) is 13.4. The lowest BCUT2D eigenvalue weighted by Gasteiger charge is -2.29. The molecular formula is C23H35N3O4S. The molecule has 1 aliphatic heterocycles. The fourth-order valence-corrected chi connectivity index (χ4v) is 7.03. The Bertz CT molecular complexity index is 868. The number of hydrogen-bond acceptors (Lipinski definition) is 5. The molecule has 0 spiro atoms. The molecule has 4 aliphatic rings. The summed E-state index contributed by atoms with van der Waals surface area (Å²) in [6.45, 7) is 5.17. The van der Waals surface area contributed by atoms with Gasteiger partial charge in [-0.1, -0.05) is 12.5 Å². The van der Waals surface area contributed by atoms with E-state index in [4.69, 9.17) is 9.47 Å². The Labute approximate surface area is 186 Å². The highest BCUT2D eigenvalue weighted by molar-refractivity contribution is 7.87. The molecular weight excluding hydrogens is 414 g/mol. The zero-order chi connectivity index (χ0) is 21.3. The SMILES string of the molecule is O=S(=O)(NC1CCC1)N[C@H]1[C@@H]2CC[C@H]1Cc1ccc(OCCN3CCOCC3)cc1C2. The van der Waals surface area contributed by atoms with E-state index in [1.54, 1.807) is 0 Å². The van der Waals surface area contributed by atoms with Gasteiger partial charge in [-0.3, -0.25) is 4.90 Å². The Balaban J connectivity index is 1.20. The van der Waals surface area contributed by atoms with Crippen LogP contribution in [0.15, 0.2) is 18.2 Å². The average Bonchev–Trinajstić information content (AvgIpc) is 2.99. The Morgan fingerprint density at radius 3 is 2.45 bits per heavy atom. The monoisotopic (exact) mass is 449 g/mol. The van der Waals surface area contributed by atoms with Gasteiger partial charge in [0.05, 0.1) is 13.2 Å². The van der Waals surface area contributed by atoms with Crippen LogP contribution in [-0.2, 0) is 27.8 Å². The van der Waals surface area contributed by atoms with Crippen LogP contribution in [-0.4, -0.2) is 64.9 Å². The molecule has 2 bridgehead atoms. The molecule has 0 aromatic heterocycles. The van der Waals surface area contributed by atoms with E-state index in [0.717, 1.165) is 83.5 Å². The minimum Gasteiger partial charge on any atom is -0.492 e. The first-order chi connectivity index (χ1) is 15.1. The van der Waals surface area contributed by atoms with E-state index in [0.29, 0.717) is 18.4 Å². The highest BCUT2D eigenvalue weighted by Gasteiger charge is 2.41. The number of morpholine rings is 1. The summed E-state index contributed by atoms with van der Waals surface area (Å²) in [4.78, 5) is 2.38. The molecule has 0 amide bonds. The molecule has 1 aromatic carbocycles. The summed E-state index contributed by atoms with van der Waals surface area (Å²) < 4.78 is 42.6. The third-order valence-corrected chi connectivity index (χ3v) is 8.79. The van der Waals surface area contributed by atoms with E-state index in [9.17, 15) is 8.42 Å². The molecule has 3 atom stereocenters. The van der Waals surface area contributed by atoms with Gasteiger partial charge in [0.1, 0.15) is 12.4 Å². The molecule has 3 fully saturated rings. The van der Waals surface area contributed by atoms with Crippen molar-refractivity contribution in [3.63, 3.8) is 0 Å². The van der Waals surface area contributed by atoms with Crippen molar-refractivity contribution in [1.82, 2.24) is 14.3 Å². The normalized spacial score (nSPS) is 29.2. The Kier molecular flexibility index (Phi) is 6.53. The van der Waals surface area contributed by atoms with Crippen LogP contribution in [0, 0.1) is 11.8 Å². The van der Waals surface area contributed by atoms with Crippen LogP contribution in [0.4, 0.5) is 0 Å². The highest BCUT2D eigenvalue weighted by Crippen LogP contribution is 2.41. The zero-order valence-electron chi connectivity index (χ0n) is 18.2. The van der Waals surface area contributed by atoms with Gasteiger partial charge in [0, 0.05) is 31.7 Å². The van der Waals surface area contributed by atoms with Gasteiger partial charge in [-0.05, 0) is 73.6 Å². The van der Waals surface area contributed by atoms with Crippen LogP contribution < -0.4 is 14.2 Å². The quantitative estimate of drug-likeness (QED) is 0.633. The van der Waals surface area contributed by atoms with Crippen LogP contribution in [0.25, 0.3) is 0 Å². The molecule has 5 rings (SSSR count). The maximum Gasteiger partial charge on any atom is 0.277 e. The summed E-state index contributed by atoms with van der Waals surface area (Å²) >= 11 is 0. The van der Waals surface area contributed by atoms with Crippen molar-refractivity contribution in [2.75, 3.05) is 39.5 Å². The lowest BCUT2D eigenvalue weighted by atomic mass is 9.93. The van der Waals surface area contributed by atoms with Gasteiger partial charge < -0.3 is 9.47 Å². The van der Waals surface area contributed by atoms with Gasteiger partial charge in [-0.2, -0.15) is 17.9 Å². The minimum atomic E-state index is -3.44. The van der Waals surface area contributed by atoms with Gasteiger partial charge in [0.2, 0.25) is 0 Å². The first kappa shape index (κ1) is 21.6. The van der Waals surface area contributed by atoms with Gasteiger partial charge in [0.15, 0.2) is 0 Å². The molecule has 1 aromatic rings. The third kappa shape index (κ3) is 5.25. The van der Waals surface area contributed by atoms with Crippen LogP contribution in [0.3, 0.4) is 0 Å². The first-order valence-electron chi connectivity index (χ1n) is 11.9. The molecule has 0 radical (unpaired) electrons. The summed E-state index contributed by atoms with van der Waals surface area (Å²) in [6.07, 6.45) is 7.07. The number of hydrogen-bond donors (Lipinski definition) is 2. The van der Waals surface area contributed by atoms with Gasteiger partial charge in [-0.25, -0.2) is 0 Å². The Hall–Kier alpha value is -1.19. The predicted molar refractivity (Wildman–Crippen MR) is 119 cm³/mol. The summed E-state index contributed by atoms with van der Waals surface area (Å²) in [5.74, 6) is 1.65. The molecule has 172 valence electrons. The van der Waals surface area contributed by atoms with Gasteiger partial charge in [-0.15, -0.1) is 0 Å². The van der Waals surface area contributed by atoms with E-state index < -0.39 is 10.2 Å². The molecule has 7 nitrogen and oxygen atoms in total. The third-order valence-electron chi connectivity index (χ3n) is 7.56. The van der Waals surface area contributed by atoms with Gasteiger partial charge in [0.25, 0.3) is 10.2 Å². The Morgan fingerprint density at radius 1 is 1.00 bits per heavy atom. The topological polar surface area (TPSA) is 79.9 Å². The minimum absolute atomic E-state index is 0.0238. The zero-order valence-corrected chi connectivity index (χ0v) is 19.0. The van der Waals surface area contributed by atoms with E-state index in [-0.39, 0.29) is 12.1 Å². The van der Waals surface area contributed by atoms with Crippen LogP contribution >= 0.6 is 0 Å². The average molecular weight is 450 g/mol. The molecule has 1 saturated heterocycles. The fourth-order valence-electron chi connectivity index (χ4n) is 5.54. The molecule has 8 heteroatoms. The van der Waals surface area contributed by atoms with Gasteiger partial charge >= 0.3 is 0 Å². The standard InChI is InChI=1S/C23H35N3O4S/c27-31(28,24-21-2-1-3-21)25-23-18-4-5-19(23)15-20-16-22(7-6-17(20)14-18)30-13-10-26-8-11-29-12-9-26/h6-7,16,18-19,21,23-25H,1-5,8-15H2/t18-,19+,23+/m0/s1. The van der Waals surface area contributed by atoms with Crippen molar-refractivity contribution in [2.45, 2.75) is 57.0 Å². The van der Waals surface area contributed by atoms with E-state index in [2.05, 4.69) is 32.5 Å². The highest BCUT2D eigenvalue weighted by atomic mass is 32.2. The van der Waals surface area contributed by atoms with Crippen molar-refractivity contribution in [3.05, 3.63) is 29.3 Å². The number of fused-ring (bicyclic) bond motifs is 3. The van der Waals surface area contributed by atoms with Crippen LogP contribution in [0.1, 0.15) is 43.2 Å². The number of nitrogens with one attached hydrogen (secondary N) is 2. The van der Waals surface area contributed by atoms with Crippen molar-refractivity contribution in [2.24, 2.45) is 11.8 Å². The maximum absolute atomic E-state index is 12.7. The summed E-state index contributed by atoms with van der Waals surface area (Å²) in [5.41, 5.74) is 2.68. The molecule has 0 unspecified atom stereocenters. The second-order valence-electron chi connectivity index (χ2n) is 9.63. The van der Waals surface area contributed by atoms with Crippen LogP contribution in [0.5, 0.6) is 5.75 Å². The van der Waals surface area contributed by atoms with E-state index >= 15 is 0 Å². The molecule has 3 aliphatic carbocycles. The lowest BCUT2D eigenvalue weighted by molar-refractivity contribution is 0.0322. The second-order valence-corrected chi connectivity index (χ2v) is 11.1. The van der Waals surface area contributed by atoms with Crippen molar-refractivity contribution >= 4 is 10.2 Å². The van der Waals surface area contributed by atoms with Crippen LogP contribution in [0.2, 0.25) is 0 Å². The number of benzene rings is 1. The second kappa shape index (κ2) is 9.35. The molecule has 1 heterocycles. The van der Waals surface area contributed by atoms with Crippen molar-refractivity contribution < 1.29 is 17.9 Å². The van der Waals surface area contributed by atoms with Crippen molar-refractivity contribution in [1.29, 1.82) is 0 Å². The summed E-state index contributed by atoms with van der Waals surface area (Å²) in [7, 11) is -3.44. The Morgan fingerprint density at radius 2 is 1.74 bits per heavy atom. The number of nitrogens with zero attached hydrogens (tertiary/aromatic N) is 1. The summed E-state index contributed by atoms with van der Waals surface area (Å²) in [6, 6.07) is 6.60. The lowest BCUT2D eigenvalue weighted by Crippen LogP contribution is -2.51.